The molecule has 2 amide bonds. The summed E-state index contributed by atoms with van der Waals surface area (Å²) in [6.07, 6.45) is 5.11. The van der Waals surface area contributed by atoms with Crippen LogP contribution >= 0.6 is 0 Å². The van der Waals surface area contributed by atoms with Gasteiger partial charge in [0.1, 0.15) is 18.8 Å². The molecule has 0 aromatic carbocycles. The molecular weight excluding hydrogens is 584 g/mol. The largest absolute Gasteiger partial charge is 0.465 e. The van der Waals surface area contributed by atoms with E-state index in [1.807, 2.05) is 0 Å². The number of rotatable bonds is 9. The van der Waals surface area contributed by atoms with E-state index in [-0.39, 0.29) is 59.8 Å². The standard InChI is InChI=1S/2C6H11NO2.2C6H10O3.C5H8O3/c1-9-4-5-2-3-7-6(5)8;1-9-4-5-2-3-6(8)7-5;1-8-4-5-2-3-9-6(5)7;1-8-4-5-2-3-6(7)9-5;1-7-4-2-5(6)8-3-4/h2*5H,2-4H2,1H3,(H,7,8);2*5H,2-4H2,1H3;4H,2-3H2,1H3. The Bertz CT molecular complexity index is 816. The number of carbonyl (C=O) groups is 5. The Hall–Kier alpha value is -2.85. The van der Waals surface area contributed by atoms with Crippen LogP contribution in [0.15, 0.2) is 0 Å². The Morgan fingerprint density at radius 1 is 0.727 bits per heavy atom. The molecule has 5 heterocycles. The van der Waals surface area contributed by atoms with E-state index in [4.69, 9.17) is 33.2 Å². The highest BCUT2D eigenvalue weighted by Crippen LogP contribution is 2.14. The molecule has 0 aromatic heterocycles. The van der Waals surface area contributed by atoms with Gasteiger partial charge in [-0.05, 0) is 25.7 Å². The third-order valence-electron chi connectivity index (χ3n) is 6.87. The second-order valence-electron chi connectivity index (χ2n) is 10.4. The molecule has 5 saturated heterocycles. The van der Waals surface area contributed by atoms with Gasteiger partial charge in [-0.1, -0.05) is 0 Å². The fourth-order valence-corrected chi connectivity index (χ4v) is 4.43. The lowest BCUT2D eigenvalue weighted by Crippen LogP contribution is -2.29. The molecule has 5 atom stereocenters. The van der Waals surface area contributed by atoms with Gasteiger partial charge in [0.15, 0.2) is 0 Å². The number of carbonyl (C=O) groups excluding carboxylic acids is 5. The van der Waals surface area contributed by atoms with E-state index in [1.165, 1.54) is 0 Å². The normalized spacial score (nSPS) is 26.7. The first-order chi connectivity index (χ1) is 21.2. The molecular formula is C29H50N2O13. The maximum atomic E-state index is 10.8. The second-order valence-corrected chi connectivity index (χ2v) is 10.4. The highest BCUT2D eigenvalue weighted by molar-refractivity contribution is 5.80. The minimum Gasteiger partial charge on any atom is -0.465 e. The van der Waals surface area contributed by atoms with Crippen molar-refractivity contribution in [3.63, 3.8) is 0 Å². The third-order valence-corrected chi connectivity index (χ3v) is 6.87. The van der Waals surface area contributed by atoms with Gasteiger partial charge in [0, 0.05) is 54.9 Å². The first kappa shape index (κ1) is 39.2. The number of methoxy groups -OCH3 is 5. The molecule has 0 bridgehead atoms. The zero-order valence-corrected chi connectivity index (χ0v) is 26.6. The third kappa shape index (κ3) is 16.9. The molecule has 254 valence electrons. The highest BCUT2D eigenvalue weighted by Gasteiger charge is 2.26. The number of hydrogen-bond donors (Lipinski definition) is 2. The van der Waals surface area contributed by atoms with Crippen LogP contribution in [0.4, 0.5) is 0 Å². The zero-order valence-electron chi connectivity index (χ0n) is 26.6. The van der Waals surface area contributed by atoms with Gasteiger partial charge < -0.3 is 48.5 Å². The van der Waals surface area contributed by atoms with E-state index in [0.717, 1.165) is 32.2 Å². The van der Waals surface area contributed by atoms with E-state index in [0.29, 0.717) is 58.9 Å². The molecule has 5 aliphatic rings. The number of esters is 3. The van der Waals surface area contributed by atoms with Crippen LogP contribution in [0.3, 0.4) is 0 Å². The van der Waals surface area contributed by atoms with Crippen LogP contribution in [0.25, 0.3) is 0 Å². The number of ether oxygens (including phenoxy) is 8. The second kappa shape index (κ2) is 23.5. The summed E-state index contributed by atoms with van der Waals surface area (Å²) in [6, 6.07) is 0.266. The molecule has 5 unspecified atom stereocenters. The van der Waals surface area contributed by atoms with Gasteiger partial charge >= 0.3 is 17.9 Å². The van der Waals surface area contributed by atoms with Crippen molar-refractivity contribution in [1.29, 1.82) is 0 Å². The van der Waals surface area contributed by atoms with Crippen LogP contribution in [0.2, 0.25) is 0 Å². The van der Waals surface area contributed by atoms with E-state index in [9.17, 15) is 24.0 Å². The fraction of sp³-hybridized carbons (Fsp3) is 0.828. The molecule has 0 spiro atoms. The summed E-state index contributed by atoms with van der Waals surface area (Å²) in [5.74, 6) is 0.0182. The number of cyclic esters (lactones) is 3. The highest BCUT2D eigenvalue weighted by atomic mass is 16.6. The minimum absolute atomic E-state index is 0.00231. The van der Waals surface area contributed by atoms with Crippen LogP contribution in [-0.2, 0) is 61.9 Å². The summed E-state index contributed by atoms with van der Waals surface area (Å²) >= 11 is 0. The molecule has 5 aliphatic heterocycles. The molecule has 15 nitrogen and oxygen atoms in total. The monoisotopic (exact) mass is 634 g/mol. The quantitative estimate of drug-likeness (QED) is 0.259. The van der Waals surface area contributed by atoms with E-state index < -0.39 is 0 Å². The Labute approximate surface area is 259 Å². The van der Waals surface area contributed by atoms with Crippen molar-refractivity contribution in [3.05, 3.63) is 0 Å². The van der Waals surface area contributed by atoms with E-state index >= 15 is 0 Å². The number of hydrogen-bond acceptors (Lipinski definition) is 13. The van der Waals surface area contributed by atoms with Gasteiger partial charge in [-0.2, -0.15) is 0 Å². The minimum atomic E-state index is -0.156. The molecule has 15 heteroatoms. The first-order valence-corrected chi connectivity index (χ1v) is 14.7. The van der Waals surface area contributed by atoms with Crippen LogP contribution in [0, 0.1) is 11.8 Å². The summed E-state index contributed by atoms with van der Waals surface area (Å²) in [4.78, 5) is 52.8. The van der Waals surface area contributed by atoms with Crippen molar-refractivity contribution < 1.29 is 61.9 Å². The Morgan fingerprint density at radius 3 is 1.82 bits per heavy atom. The van der Waals surface area contributed by atoms with Gasteiger partial charge in [-0.15, -0.1) is 0 Å². The maximum absolute atomic E-state index is 10.8. The predicted molar refractivity (Wildman–Crippen MR) is 154 cm³/mol. The van der Waals surface area contributed by atoms with Crippen LogP contribution in [-0.4, -0.2) is 130 Å². The summed E-state index contributed by atoms with van der Waals surface area (Å²) in [5, 5.41) is 5.53. The van der Waals surface area contributed by atoms with Crippen LogP contribution in [0.5, 0.6) is 0 Å². The van der Waals surface area contributed by atoms with Crippen molar-refractivity contribution >= 4 is 29.7 Å². The summed E-state index contributed by atoms with van der Waals surface area (Å²) in [6.45, 7) is 4.04. The predicted octanol–water partition coefficient (Wildman–Crippen LogP) is 0.163. The Morgan fingerprint density at radius 2 is 1.41 bits per heavy atom. The molecule has 0 aliphatic carbocycles. The summed E-state index contributed by atoms with van der Waals surface area (Å²) < 4.78 is 38.3. The van der Waals surface area contributed by atoms with Crippen molar-refractivity contribution in [3.8, 4) is 0 Å². The van der Waals surface area contributed by atoms with Crippen molar-refractivity contribution in [2.75, 3.05) is 81.7 Å². The average molecular weight is 635 g/mol. The Balaban J connectivity index is 0.000000275. The van der Waals surface area contributed by atoms with Gasteiger partial charge in [0.05, 0.1) is 57.3 Å². The summed E-state index contributed by atoms with van der Waals surface area (Å²) in [5.41, 5.74) is 0. The van der Waals surface area contributed by atoms with Crippen LogP contribution in [0.1, 0.15) is 44.9 Å². The van der Waals surface area contributed by atoms with Crippen molar-refractivity contribution in [1.82, 2.24) is 10.6 Å². The molecule has 0 radical (unpaired) electrons. The fourth-order valence-electron chi connectivity index (χ4n) is 4.43. The lowest BCUT2D eigenvalue weighted by atomic mass is 10.1. The summed E-state index contributed by atoms with van der Waals surface area (Å²) in [7, 11) is 8.03. The molecule has 0 saturated carbocycles. The van der Waals surface area contributed by atoms with Crippen LogP contribution < -0.4 is 10.6 Å². The number of nitrogens with one attached hydrogen (secondary N) is 2. The van der Waals surface area contributed by atoms with Crippen molar-refractivity contribution in [2.24, 2.45) is 11.8 Å². The first-order valence-electron chi connectivity index (χ1n) is 14.7. The molecule has 0 aromatic rings. The molecule has 2 N–H and O–H groups in total. The average Bonchev–Trinajstić information content (AvgIpc) is 3.85. The zero-order chi connectivity index (χ0) is 32.7. The van der Waals surface area contributed by atoms with Crippen molar-refractivity contribution in [2.45, 2.75) is 63.2 Å². The maximum Gasteiger partial charge on any atom is 0.311 e. The van der Waals surface area contributed by atoms with Gasteiger partial charge in [0.2, 0.25) is 11.8 Å². The smallest absolute Gasteiger partial charge is 0.311 e. The van der Waals surface area contributed by atoms with Gasteiger partial charge in [-0.3, -0.25) is 24.0 Å². The Kier molecular flexibility index (Phi) is 20.9. The number of amides is 2. The topological polar surface area (TPSA) is 183 Å². The van der Waals surface area contributed by atoms with E-state index in [1.54, 1.807) is 35.5 Å². The lowest BCUT2D eigenvalue weighted by Gasteiger charge is -2.05. The SMILES string of the molecule is COC1COC(=O)C1.COCC1CCC(=O)N1.COCC1CCC(=O)O1.COCC1CCNC1=O.COCC1CCOC1=O. The van der Waals surface area contributed by atoms with Gasteiger partial charge in [-0.25, -0.2) is 0 Å². The van der Waals surface area contributed by atoms with Gasteiger partial charge in [0.25, 0.3) is 0 Å². The lowest BCUT2D eigenvalue weighted by molar-refractivity contribution is -0.143. The molecule has 5 fully saturated rings. The van der Waals surface area contributed by atoms with E-state index in [2.05, 4.69) is 15.4 Å². The molecule has 44 heavy (non-hydrogen) atoms. The molecule has 5 rings (SSSR count).